The van der Waals surface area contributed by atoms with Crippen molar-refractivity contribution in [3.8, 4) is 0 Å². The number of allylic oxidation sites excluding steroid dienone is 1. The third-order valence-corrected chi connectivity index (χ3v) is 8.29. The van der Waals surface area contributed by atoms with Gasteiger partial charge in [0.1, 0.15) is 6.10 Å². The van der Waals surface area contributed by atoms with Gasteiger partial charge in [-0.05, 0) is 55.5 Å². The Morgan fingerprint density at radius 2 is 2.07 bits per heavy atom. The summed E-state index contributed by atoms with van der Waals surface area (Å²) in [6.07, 6.45) is 5.03. The molecule has 0 aliphatic carbocycles. The highest BCUT2D eigenvalue weighted by Crippen LogP contribution is 2.38. The molecule has 3 aliphatic rings. The zero-order chi connectivity index (χ0) is 21.3. The molecule has 3 aliphatic heterocycles. The number of hydrogen-bond donors (Lipinski definition) is 2. The number of aryl methyl sites for hydroxylation is 1. The fourth-order valence-electron chi connectivity index (χ4n) is 4.56. The zero-order valence-corrected chi connectivity index (χ0v) is 19.0. The lowest BCUT2D eigenvalue weighted by molar-refractivity contribution is -0.283. The van der Waals surface area contributed by atoms with Gasteiger partial charge < -0.3 is 19.9 Å². The third-order valence-electron chi connectivity index (χ3n) is 6.22. The predicted molar refractivity (Wildman–Crippen MR) is 118 cm³/mol. The first-order valence-corrected chi connectivity index (χ1v) is 12.5. The summed E-state index contributed by atoms with van der Waals surface area (Å²) in [5.41, 5.74) is 2.33. The number of rotatable bonds is 1. The van der Waals surface area contributed by atoms with E-state index in [0.29, 0.717) is 18.1 Å². The number of ether oxygens (including phenoxy) is 2. The zero-order valence-electron chi connectivity index (χ0n) is 17.4. The molecule has 2 saturated heterocycles. The van der Waals surface area contributed by atoms with E-state index < -0.39 is 17.9 Å². The Morgan fingerprint density at radius 3 is 2.83 bits per heavy atom. The van der Waals surface area contributed by atoms with Gasteiger partial charge in [-0.2, -0.15) is 0 Å². The first-order valence-electron chi connectivity index (χ1n) is 10.6. The highest BCUT2D eigenvalue weighted by molar-refractivity contribution is 8.14. The topological polar surface area (TPSA) is 84.9 Å². The largest absolute Gasteiger partial charge is 0.459 e. The standard InChI is InChI=1S/C22H29NO5S2/c1-13-3-5-15-7-8-29-20(15)14(2)4-6-16-10-17(27-19(24)9-13)11-22(26,28-16)18-12-30-21(25)23-18/h7-9,14,16-18,26H,3-6,10-12H2,1-2H3,(H,23,25)/b13-9-/t14-,16+,17+,18-,22+/m0/s1. The van der Waals surface area contributed by atoms with Crippen molar-refractivity contribution < 1.29 is 24.2 Å². The molecule has 2 N–H and O–H groups in total. The molecule has 8 heteroatoms. The van der Waals surface area contributed by atoms with Crippen LogP contribution in [0.4, 0.5) is 4.79 Å². The van der Waals surface area contributed by atoms with E-state index in [1.165, 1.54) is 10.4 Å². The monoisotopic (exact) mass is 451 g/mol. The lowest BCUT2D eigenvalue weighted by Gasteiger charge is -2.43. The molecular formula is C22H29NO5S2. The minimum absolute atomic E-state index is 0.160. The van der Waals surface area contributed by atoms with Crippen molar-refractivity contribution in [1.29, 1.82) is 0 Å². The van der Waals surface area contributed by atoms with Gasteiger partial charge in [-0.15, -0.1) is 11.3 Å². The number of nitrogens with one attached hydrogen (secondary N) is 1. The smallest absolute Gasteiger partial charge is 0.330 e. The van der Waals surface area contributed by atoms with Crippen LogP contribution in [0.2, 0.25) is 0 Å². The van der Waals surface area contributed by atoms with Gasteiger partial charge in [0.15, 0.2) is 5.79 Å². The van der Waals surface area contributed by atoms with Crippen LogP contribution >= 0.6 is 23.1 Å². The number of thiophene rings is 1. The van der Waals surface area contributed by atoms with Crippen molar-refractivity contribution in [2.75, 3.05) is 5.75 Å². The summed E-state index contributed by atoms with van der Waals surface area (Å²) in [5.74, 6) is -1.06. The van der Waals surface area contributed by atoms with Crippen LogP contribution in [0.5, 0.6) is 0 Å². The van der Waals surface area contributed by atoms with E-state index in [2.05, 4.69) is 23.7 Å². The molecule has 2 bridgehead atoms. The van der Waals surface area contributed by atoms with Gasteiger partial charge in [-0.3, -0.25) is 4.79 Å². The molecule has 0 aromatic carbocycles. The number of carbonyl (C=O) groups excluding carboxylic acids is 2. The summed E-state index contributed by atoms with van der Waals surface area (Å²) in [6, 6.07) is 1.68. The van der Waals surface area contributed by atoms with E-state index in [1.54, 1.807) is 17.4 Å². The highest BCUT2D eigenvalue weighted by atomic mass is 32.2. The van der Waals surface area contributed by atoms with Gasteiger partial charge in [0, 0.05) is 29.5 Å². The summed E-state index contributed by atoms with van der Waals surface area (Å²) in [5, 5.41) is 16.0. The van der Waals surface area contributed by atoms with Gasteiger partial charge in [0.2, 0.25) is 0 Å². The SMILES string of the molecule is C/C1=C/C(=O)O[C@@H]2C[C@@H](CC[C@H](C)c3sccc3CC1)O[C@@](O)([C@@H]1CSC(=O)N1)C2. The van der Waals surface area contributed by atoms with Crippen LogP contribution in [-0.4, -0.2) is 46.1 Å². The second-order valence-corrected chi connectivity index (χ2v) is 10.6. The van der Waals surface area contributed by atoms with E-state index in [-0.39, 0.29) is 23.7 Å². The maximum absolute atomic E-state index is 12.5. The molecule has 30 heavy (non-hydrogen) atoms. The van der Waals surface area contributed by atoms with Crippen LogP contribution in [0.15, 0.2) is 23.1 Å². The summed E-state index contributed by atoms with van der Waals surface area (Å²) in [7, 11) is 0. The highest BCUT2D eigenvalue weighted by Gasteiger charge is 2.49. The van der Waals surface area contributed by atoms with E-state index in [1.807, 2.05) is 6.92 Å². The van der Waals surface area contributed by atoms with E-state index in [4.69, 9.17) is 9.47 Å². The summed E-state index contributed by atoms with van der Waals surface area (Å²) in [6.45, 7) is 4.20. The third kappa shape index (κ3) is 4.93. The Labute approximate surface area is 185 Å². The number of amides is 1. The van der Waals surface area contributed by atoms with Crippen molar-refractivity contribution in [3.05, 3.63) is 33.5 Å². The molecule has 1 aromatic heterocycles. The average Bonchev–Trinajstić information content (AvgIpc) is 3.32. The molecule has 0 saturated carbocycles. The molecule has 4 rings (SSSR count). The number of esters is 1. The molecule has 0 radical (unpaired) electrons. The molecule has 2 fully saturated rings. The molecule has 0 unspecified atom stereocenters. The Morgan fingerprint density at radius 1 is 1.23 bits per heavy atom. The fraction of sp³-hybridized carbons (Fsp3) is 0.636. The average molecular weight is 452 g/mol. The summed E-state index contributed by atoms with van der Waals surface area (Å²) in [4.78, 5) is 25.6. The summed E-state index contributed by atoms with van der Waals surface area (Å²) < 4.78 is 11.9. The van der Waals surface area contributed by atoms with Crippen molar-refractivity contribution in [1.82, 2.24) is 5.32 Å². The molecule has 4 heterocycles. The quantitative estimate of drug-likeness (QED) is 0.625. The molecule has 164 valence electrons. The minimum atomic E-state index is -1.53. The van der Waals surface area contributed by atoms with Gasteiger partial charge >= 0.3 is 5.97 Å². The Balaban J connectivity index is 1.58. The number of aliphatic hydroxyl groups is 1. The summed E-state index contributed by atoms with van der Waals surface area (Å²) >= 11 is 2.93. The van der Waals surface area contributed by atoms with Crippen LogP contribution < -0.4 is 5.32 Å². The van der Waals surface area contributed by atoms with Crippen molar-refractivity contribution >= 4 is 34.3 Å². The van der Waals surface area contributed by atoms with Gasteiger partial charge in [-0.25, -0.2) is 4.79 Å². The second-order valence-electron chi connectivity index (χ2n) is 8.66. The molecule has 5 atom stereocenters. The molecule has 1 aromatic rings. The van der Waals surface area contributed by atoms with Crippen molar-refractivity contribution in [2.45, 2.75) is 82.3 Å². The van der Waals surface area contributed by atoms with Gasteiger partial charge in [-0.1, -0.05) is 24.3 Å². The molecule has 6 nitrogen and oxygen atoms in total. The van der Waals surface area contributed by atoms with Crippen molar-refractivity contribution in [3.63, 3.8) is 0 Å². The fourth-order valence-corrected chi connectivity index (χ4v) is 6.50. The van der Waals surface area contributed by atoms with Crippen molar-refractivity contribution in [2.24, 2.45) is 0 Å². The van der Waals surface area contributed by atoms with E-state index >= 15 is 0 Å². The Kier molecular flexibility index (Phi) is 6.58. The second kappa shape index (κ2) is 9.02. The van der Waals surface area contributed by atoms with Crippen LogP contribution in [0, 0.1) is 0 Å². The predicted octanol–water partition coefficient (Wildman–Crippen LogP) is 4.13. The van der Waals surface area contributed by atoms with E-state index in [9.17, 15) is 14.7 Å². The molecular weight excluding hydrogens is 422 g/mol. The number of fused-ring (bicyclic) bond motifs is 3. The number of carbonyl (C=O) groups is 2. The molecule has 1 amide bonds. The van der Waals surface area contributed by atoms with Gasteiger partial charge in [0.05, 0.1) is 12.1 Å². The Hall–Kier alpha value is -1.35. The maximum Gasteiger partial charge on any atom is 0.330 e. The lowest BCUT2D eigenvalue weighted by atomic mass is 9.89. The minimum Gasteiger partial charge on any atom is -0.459 e. The van der Waals surface area contributed by atoms with Crippen LogP contribution in [0.3, 0.4) is 0 Å². The molecule has 0 spiro atoms. The van der Waals surface area contributed by atoms with Crippen LogP contribution in [-0.2, 0) is 20.7 Å². The van der Waals surface area contributed by atoms with Gasteiger partial charge in [0.25, 0.3) is 5.24 Å². The first kappa shape index (κ1) is 21.9. The lowest BCUT2D eigenvalue weighted by Crippen LogP contribution is -2.58. The van der Waals surface area contributed by atoms with E-state index in [0.717, 1.165) is 43.0 Å². The maximum atomic E-state index is 12.5. The number of thioether (sulfide) groups is 1. The van der Waals surface area contributed by atoms with Crippen LogP contribution in [0.25, 0.3) is 0 Å². The normalized spacial score (nSPS) is 37.4. The van der Waals surface area contributed by atoms with Crippen LogP contribution in [0.1, 0.15) is 62.3 Å². The number of hydrogen-bond acceptors (Lipinski definition) is 7. The first-order chi connectivity index (χ1) is 14.3. The Bertz CT molecular complexity index is 837.